The first-order valence-electron chi connectivity index (χ1n) is 7.43. The second kappa shape index (κ2) is 6.50. The molecule has 0 amide bonds. The summed E-state index contributed by atoms with van der Waals surface area (Å²) in [6, 6.07) is 17.3. The zero-order valence-corrected chi connectivity index (χ0v) is 12.3. The molecule has 2 aromatic rings. The van der Waals surface area contributed by atoms with Crippen LogP contribution in [0.5, 0.6) is 5.75 Å². The fraction of sp³-hybridized carbons (Fsp3) is 0.278. The molecule has 112 valence electrons. The molecule has 0 radical (unpaired) electrons. The van der Waals surface area contributed by atoms with Crippen molar-refractivity contribution in [1.82, 2.24) is 0 Å². The molecule has 1 unspecified atom stereocenters. The Balaban J connectivity index is 1.62. The Morgan fingerprint density at radius 1 is 1.23 bits per heavy atom. The molecule has 0 spiro atoms. The quantitative estimate of drug-likeness (QED) is 0.941. The number of nitrogens with zero attached hydrogens (tertiary/aromatic N) is 2. The molecule has 1 N–H and O–H groups in total. The van der Waals surface area contributed by atoms with Crippen molar-refractivity contribution >= 4 is 5.69 Å². The Morgan fingerprint density at radius 2 is 2.05 bits per heavy atom. The lowest BCUT2D eigenvalue weighted by atomic mass is 10.1. The zero-order chi connectivity index (χ0) is 15.4. The number of ether oxygens (including phenoxy) is 1. The third kappa shape index (κ3) is 3.21. The molecule has 1 atom stereocenters. The average molecular weight is 294 g/mol. The van der Waals surface area contributed by atoms with Gasteiger partial charge in [-0.25, -0.2) is 0 Å². The standard InChI is InChI=1S/C18H18N2O2/c19-12-14-3-1-4-15(11-14)13-22-17-8-6-16(7-9-17)20-10-2-5-18(20)21/h1,3-4,6-9,11,18,21H,2,5,10,13H2. The number of aliphatic hydroxyl groups is 1. The molecule has 0 aliphatic carbocycles. The molecule has 0 aromatic heterocycles. The van der Waals surface area contributed by atoms with Crippen LogP contribution in [0.4, 0.5) is 5.69 Å². The van der Waals surface area contributed by atoms with Gasteiger partial charge in [0.2, 0.25) is 0 Å². The van der Waals surface area contributed by atoms with E-state index in [1.54, 1.807) is 6.07 Å². The van der Waals surface area contributed by atoms with Gasteiger partial charge in [0.15, 0.2) is 0 Å². The van der Waals surface area contributed by atoms with Gasteiger partial charge < -0.3 is 14.7 Å². The summed E-state index contributed by atoms with van der Waals surface area (Å²) < 4.78 is 5.75. The average Bonchev–Trinajstić information content (AvgIpc) is 3.00. The fourth-order valence-corrected chi connectivity index (χ4v) is 2.68. The minimum absolute atomic E-state index is 0.375. The maximum absolute atomic E-state index is 9.88. The van der Waals surface area contributed by atoms with Gasteiger partial charge in [0, 0.05) is 12.2 Å². The summed E-state index contributed by atoms with van der Waals surface area (Å²) in [4.78, 5) is 2.00. The monoisotopic (exact) mass is 294 g/mol. The molecule has 0 bridgehead atoms. The first-order valence-corrected chi connectivity index (χ1v) is 7.43. The topological polar surface area (TPSA) is 56.5 Å². The van der Waals surface area contributed by atoms with Crippen molar-refractivity contribution in [1.29, 1.82) is 5.26 Å². The van der Waals surface area contributed by atoms with Crippen LogP contribution in [0.2, 0.25) is 0 Å². The molecule has 0 saturated carbocycles. The number of aliphatic hydroxyl groups excluding tert-OH is 1. The molecule has 22 heavy (non-hydrogen) atoms. The second-order valence-corrected chi connectivity index (χ2v) is 5.41. The Bertz CT molecular complexity index is 676. The van der Waals surface area contributed by atoms with Crippen LogP contribution in [0.1, 0.15) is 24.0 Å². The van der Waals surface area contributed by atoms with E-state index in [1.165, 1.54) is 0 Å². The lowest BCUT2D eigenvalue weighted by Gasteiger charge is -2.22. The van der Waals surface area contributed by atoms with Gasteiger partial charge in [-0.2, -0.15) is 5.26 Å². The maximum Gasteiger partial charge on any atom is 0.126 e. The molecule has 2 aromatic carbocycles. The number of hydrogen-bond donors (Lipinski definition) is 1. The zero-order valence-electron chi connectivity index (χ0n) is 12.3. The summed E-state index contributed by atoms with van der Waals surface area (Å²) in [5.41, 5.74) is 2.63. The van der Waals surface area contributed by atoms with Crippen LogP contribution >= 0.6 is 0 Å². The number of nitriles is 1. The molecule has 1 fully saturated rings. The van der Waals surface area contributed by atoms with Crippen molar-refractivity contribution in [2.75, 3.05) is 11.4 Å². The third-order valence-corrected chi connectivity index (χ3v) is 3.85. The highest BCUT2D eigenvalue weighted by atomic mass is 16.5. The molecule has 1 aliphatic heterocycles. The van der Waals surface area contributed by atoms with Gasteiger partial charge in [0.25, 0.3) is 0 Å². The van der Waals surface area contributed by atoms with Gasteiger partial charge in [-0.15, -0.1) is 0 Å². The van der Waals surface area contributed by atoms with Gasteiger partial charge in [0.1, 0.15) is 18.6 Å². The van der Waals surface area contributed by atoms with E-state index < -0.39 is 0 Å². The Kier molecular flexibility index (Phi) is 4.27. The lowest BCUT2D eigenvalue weighted by Crippen LogP contribution is -2.28. The van der Waals surface area contributed by atoms with Crippen molar-refractivity contribution in [2.24, 2.45) is 0 Å². The van der Waals surface area contributed by atoms with Gasteiger partial charge in [-0.05, 0) is 54.8 Å². The number of hydrogen-bond acceptors (Lipinski definition) is 4. The number of rotatable bonds is 4. The second-order valence-electron chi connectivity index (χ2n) is 5.41. The van der Waals surface area contributed by atoms with E-state index in [0.717, 1.165) is 36.4 Å². The van der Waals surface area contributed by atoms with E-state index >= 15 is 0 Å². The van der Waals surface area contributed by atoms with Crippen molar-refractivity contribution < 1.29 is 9.84 Å². The SMILES string of the molecule is N#Cc1cccc(COc2ccc(N3CCCC3O)cc2)c1. The molecule has 4 heteroatoms. The summed E-state index contributed by atoms with van der Waals surface area (Å²) in [6.07, 6.45) is 1.47. The van der Waals surface area contributed by atoms with E-state index in [9.17, 15) is 5.11 Å². The Morgan fingerprint density at radius 3 is 2.73 bits per heavy atom. The molecular formula is C18H18N2O2. The van der Waals surface area contributed by atoms with Crippen molar-refractivity contribution in [2.45, 2.75) is 25.7 Å². The third-order valence-electron chi connectivity index (χ3n) is 3.85. The van der Waals surface area contributed by atoms with E-state index in [1.807, 2.05) is 47.4 Å². The highest BCUT2D eigenvalue weighted by molar-refractivity contribution is 5.50. The van der Waals surface area contributed by atoms with Crippen molar-refractivity contribution in [3.8, 4) is 11.8 Å². The minimum atomic E-state index is -0.375. The maximum atomic E-state index is 9.88. The summed E-state index contributed by atoms with van der Waals surface area (Å²) in [5, 5.41) is 18.8. The van der Waals surface area contributed by atoms with Gasteiger partial charge in [0.05, 0.1) is 11.6 Å². The molecular weight excluding hydrogens is 276 g/mol. The van der Waals surface area contributed by atoms with Crippen LogP contribution in [0.15, 0.2) is 48.5 Å². The molecule has 3 rings (SSSR count). The van der Waals surface area contributed by atoms with Crippen LogP contribution in [0.25, 0.3) is 0 Å². The van der Waals surface area contributed by atoms with E-state index in [4.69, 9.17) is 10.00 Å². The Labute approximate surface area is 130 Å². The smallest absolute Gasteiger partial charge is 0.126 e. The largest absolute Gasteiger partial charge is 0.489 e. The van der Waals surface area contributed by atoms with E-state index in [2.05, 4.69) is 6.07 Å². The number of anilines is 1. The van der Waals surface area contributed by atoms with Crippen LogP contribution in [0, 0.1) is 11.3 Å². The molecule has 1 saturated heterocycles. The van der Waals surface area contributed by atoms with Crippen molar-refractivity contribution in [3.63, 3.8) is 0 Å². The molecule has 1 heterocycles. The summed E-state index contributed by atoms with van der Waals surface area (Å²) in [5.74, 6) is 0.778. The highest BCUT2D eigenvalue weighted by Gasteiger charge is 2.21. The predicted octanol–water partition coefficient (Wildman–Crippen LogP) is 3.06. The summed E-state index contributed by atoms with van der Waals surface area (Å²) >= 11 is 0. The summed E-state index contributed by atoms with van der Waals surface area (Å²) in [7, 11) is 0. The molecule has 4 nitrogen and oxygen atoms in total. The number of benzene rings is 2. The van der Waals surface area contributed by atoms with Gasteiger partial charge >= 0.3 is 0 Å². The van der Waals surface area contributed by atoms with Crippen LogP contribution in [-0.2, 0) is 6.61 Å². The van der Waals surface area contributed by atoms with E-state index in [0.29, 0.717) is 12.2 Å². The predicted molar refractivity (Wildman–Crippen MR) is 84.5 cm³/mol. The minimum Gasteiger partial charge on any atom is -0.489 e. The van der Waals surface area contributed by atoms with Crippen LogP contribution in [-0.4, -0.2) is 17.9 Å². The Hall–Kier alpha value is -2.51. The summed E-state index contributed by atoms with van der Waals surface area (Å²) in [6.45, 7) is 1.32. The van der Waals surface area contributed by atoms with Crippen molar-refractivity contribution in [3.05, 3.63) is 59.7 Å². The van der Waals surface area contributed by atoms with Gasteiger partial charge in [-0.3, -0.25) is 0 Å². The van der Waals surface area contributed by atoms with E-state index in [-0.39, 0.29) is 6.23 Å². The normalized spacial score (nSPS) is 17.3. The van der Waals surface area contributed by atoms with Crippen LogP contribution in [0.3, 0.4) is 0 Å². The van der Waals surface area contributed by atoms with Crippen LogP contribution < -0.4 is 9.64 Å². The highest BCUT2D eigenvalue weighted by Crippen LogP contribution is 2.26. The lowest BCUT2D eigenvalue weighted by molar-refractivity contribution is 0.185. The first-order chi connectivity index (χ1) is 10.8. The molecule has 1 aliphatic rings. The fourth-order valence-electron chi connectivity index (χ4n) is 2.68. The van der Waals surface area contributed by atoms with Gasteiger partial charge in [-0.1, -0.05) is 12.1 Å². The first kappa shape index (κ1) is 14.4.